The van der Waals surface area contributed by atoms with Gasteiger partial charge in [-0.2, -0.15) is 0 Å². The standard InChI is InChI=1S/C24H22N2O/c1-17(18-11-13-20(14-12-18)19-7-3-2-4-8-19)26-24(27)15-21-16-25-23-10-6-5-9-22(21)23/h2-14,16-17,25H,15H2,1H3,(H,26,27). The molecule has 27 heavy (non-hydrogen) atoms. The Balaban J connectivity index is 1.42. The van der Waals surface area contributed by atoms with Crippen LogP contribution in [0.5, 0.6) is 0 Å². The molecule has 0 aliphatic rings. The summed E-state index contributed by atoms with van der Waals surface area (Å²) in [6.45, 7) is 2.02. The van der Waals surface area contributed by atoms with E-state index >= 15 is 0 Å². The molecule has 0 spiro atoms. The van der Waals surface area contributed by atoms with Gasteiger partial charge in [-0.15, -0.1) is 0 Å². The molecule has 0 bridgehead atoms. The van der Waals surface area contributed by atoms with Crippen LogP contribution >= 0.6 is 0 Å². The van der Waals surface area contributed by atoms with Crippen LogP contribution < -0.4 is 5.32 Å². The fraction of sp³-hybridized carbons (Fsp3) is 0.125. The van der Waals surface area contributed by atoms with Crippen LogP contribution in [0.3, 0.4) is 0 Å². The molecule has 1 aromatic heterocycles. The molecule has 134 valence electrons. The zero-order valence-corrected chi connectivity index (χ0v) is 15.3. The average Bonchev–Trinajstić information content (AvgIpc) is 3.11. The van der Waals surface area contributed by atoms with E-state index < -0.39 is 0 Å². The molecule has 0 aliphatic carbocycles. The van der Waals surface area contributed by atoms with E-state index in [0.29, 0.717) is 6.42 Å². The van der Waals surface area contributed by atoms with Crippen LogP contribution in [0.25, 0.3) is 22.0 Å². The SMILES string of the molecule is CC(NC(=O)Cc1c[nH]c2ccccc12)c1ccc(-c2ccccc2)cc1. The molecule has 0 aliphatic heterocycles. The quantitative estimate of drug-likeness (QED) is 0.505. The first-order valence-electron chi connectivity index (χ1n) is 9.20. The molecule has 1 amide bonds. The number of aromatic amines is 1. The first kappa shape index (κ1) is 17.1. The van der Waals surface area contributed by atoms with E-state index in [9.17, 15) is 4.79 Å². The lowest BCUT2D eigenvalue weighted by atomic mass is 10.0. The summed E-state index contributed by atoms with van der Waals surface area (Å²) in [5, 5.41) is 4.21. The number of carbonyl (C=O) groups is 1. The van der Waals surface area contributed by atoms with Crippen LogP contribution in [0.2, 0.25) is 0 Å². The zero-order valence-electron chi connectivity index (χ0n) is 15.3. The maximum atomic E-state index is 12.5. The van der Waals surface area contributed by atoms with Crippen molar-refractivity contribution in [3.8, 4) is 11.1 Å². The van der Waals surface area contributed by atoms with Gasteiger partial charge in [-0.05, 0) is 35.2 Å². The van der Waals surface area contributed by atoms with Gasteiger partial charge in [-0.3, -0.25) is 4.79 Å². The zero-order chi connectivity index (χ0) is 18.6. The third-order valence-electron chi connectivity index (χ3n) is 4.92. The molecular weight excluding hydrogens is 332 g/mol. The van der Waals surface area contributed by atoms with E-state index in [1.807, 2.05) is 55.6 Å². The maximum absolute atomic E-state index is 12.5. The molecule has 3 aromatic carbocycles. The van der Waals surface area contributed by atoms with Gasteiger partial charge in [0.2, 0.25) is 5.91 Å². The topological polar surface area (TPSA) is 44.9 Å². The molecule has 2 N–H and O–H groups in total. The van der Waals surface area contributed by atoms with Crippen LogP contribution in [0.4, 0.5) is 0 Å². The molecular formula is C24H22N2O. The molecule has 4 rings (SSSR count). The number of nitrogens with one attached hydrogen (secondary N) is 2. The Kier molecular flexibility index (Phi) is 4.75. The van der Waals surface area contributed by atoms with Crippen LogP contribution in [-0.4, -0.2) is 10.9 Å². The summed E-state index contributed by atoms with van der Waals surface area (Å²) in [5.74, 6) is 0.0272. The summed E-state index contributed by atoms with van der Waals surface area (Å²) in [7, 11) is 0. The van der Waals surface area contributed by atoms with E-state index in [1.54, 1.807) is 0 Å². The fourth-order valence-corrected chi connectivity index (χ4v) is 3.42. The number of hydrogen-bond acceptors (Lipinski definition) is 1. The number of hydrogen-bond donors (Lipinski definition) is 2. The number of amides is 1. The van der Waals surface area contributed by atoms with Crippen molar-refractivity contribution in [2.75, 3.05) is 0 Å². The number of rotatable bonds is 5. The van der Waals surface area contributed by atoms with Gasteiger partial charge in [0.1, 0.15) is 0 Å². The highest BCUT2D eigenvalue weighted by molar-refractivity contribution is 5.89. The van der Waals surface area contributed by atoms with E-state index in [1.165, 1.54) is 11.1 Å². The summed E-state index contributed by atoms with van der Waals surface area (Å²) in [6.07, 6.45) is 2.29. The third kappa shape index (κ3) is 3.77. The van der Waals surface area contributed by atoms with Crippen molar-refractivity contribution in [1.82, 2.24) is 10.3 Å². The Labute approximate surface area is 159 Å². The predicted molar refractivity (Wildman–Crippen MR) is 110 cm³/mol. The smallest absolute Gasteiger partial charge is 0.224 e. The Morgan fingerprint density at radius 1 is 0.889 bits per heavy atom. The van der Waals surface area contributed by atoms with Gasteiger partial charge in [-0.1, -0.05) is 72.8 Å². The van der Waals surface area contributed by atoms with Crippen molar-refractivity contribution in [3.63, 3.8) is 0 Å². The minimum absolute atomic E-state index is 0.0272. The van der Waals surface area contributed by atoms with Crippen molar-refractivity contribution in [3.05, 3.63) is 96.2 Å². The number of H-pyrrole nitrogens is 1. The molecule has 1 unspecified atom stereocenters. The lowest BCUT2D eigenvalue weighted by Crippen LogP contribution is -2.28. The van der Waals surface area contributed by atoms with E-state index in [0.717, 1.165) is 22.0 Å². The number of carbonyl (C=O) groups excluding carboxylic acids is 1. The van der Waals surface area contributed by atoms with Crippen LogP contribution in [0.1, 0.15) is 24.1 Å². The highest BCUT2D eigenvalue weighted by Crippen LogP contribution is 2.22. The average molecular weight is 354 g/mol. The van der Waals surface area contributed by atoms with Crippen LogP contribution in [-0.2, 0) is 11.2 Å². The number of benzene rings is 3. The minimum atomic E-state index is -0.0347. The largest absolute Gasteiger partial charge is 0.361 e. The lowest BCUT2D eigenvalue weighted by Gasteiger charge is -2.15. The molecule has 0 radical (unpaired) electrons. The number of para-hydroxylation sites is 1. The highest BCUT2D eigenvalue weighted by Gasteiger charge is 2.12. The maximum Gasteiger partial charge on any atom is 0.224 e. The second-order valence-electron chi connectivity index (χ2n) is 6.81. The molecule has 4 aromatic rings. The van der Waals surface area contributed by atoms with Crippen molar-refractivity contribution in [2.24, 2.45) is 0 Å². The van der Waals surface area contributed by atoms with Gasteiger partial charge in [0.25, 0.3) is 0 Å². The van der Waals surface area contributed by atoms with Crippen LogP contribution in [0.15, 0.2) is 85.1 Å². The first-order valence-corrected chi connectivity index (χ1v) is 9.20. The van der Waals surface area contributed by atoms with Gasteiger partial charge in [0.05, 0.1) is 12.5 Å². The van der Waals surface area contributed by atoms with Crippen molar-refractivity contribution in [2.45, 2.75) is 19.4 Å². The third-order valence-corrected chi connectivity index (χ3v) is 4.92. The van der Waals surface area contributed by atoms with E-state index in [2.05, 4.69) is 46.7 Å². The molecule has 3 nitrogen and oxygen atoms in total. The summed E-state index contributed by atoms with van der Waals surface area (Å²) >= 11 is 0. The fourth-order valence-electron chi connectivity index (χ4n) is 3.42. The second kappa shape index (κ2) is 7.50. The lowest BCUT2D eigenvalue weighted by molar-refractivity contribution is -0.121. The van der Waals surface area contributed by atoms with E-state index in [4.69, 9.17) is 0 Å². The van der Waals surface area contributed by atoms with Gasteiger partial charge in [0, 0.05) is 17.1 Å². The monoisotopic (exact) mass is 354 g/mol. The van der Waals surface area contributed by atoms with Crippen molar-refractivity contribution >= 4 is 16.8 Å². The Bertz CT molecular complexity index is 1050. The number of aromatic nitrogens is 1. The molecule has 3 heteroatoms. The second-order valence-corrected chi connectivity index (χ2v) is 6.81. The summed E-state index contributed by atoms with van der Waals surface area (Å²) in [4.78, 5) is 15.7. The molecule has 0 fully saturated rings. The predicted octanol–water partition coefficient (Wildman–Crippen LogP) is 5.25. The summed E-state index contributed by atoms with van der Waals surface area (Å²) in [6, 6.07) is 26.7. The molecule has 0 saturated heterocycles. The van der Waals surface area contributed by atoms with Gasteiger partial charge >= 0.3 is 0 Å². The van der Waals surface area contributed by atoms with Crippen LogP contribution in [0, 0.1) is 0 Å². The Morgan fingerprint density at radius 3 is 2.33 bits per heavy atom. The Morgan fingerprint density at radius 2 is 1.56 bits per heavy atom. The van der Waals surface area contributed by atoms with Crippen molar-refractivity contribution in [1.29, 1.82) is 0 Å². The molecule has 1 heterocycles. The molecule has 0 saturated carbocycles. The highest BCUT2D eigenvalue weighted by atomic mass is 16.1. The summed E-state index contributed by atoms with van der Waals surface area (Å²) < 4.78 is 0. The van der Waals surface area contributed by atoms with Gasteiger partial charge < -0.3 is 10.3 Å². The van der Waals surface area contributed by atoms with E-state index in [-0.39, 0.29) is 11.9 Å². The van der Waals surface area contributed by atoms with Crippen molar-refractivity contribution < 1.29 is 4.79 Å². The Hall–Kier alpha value is -3.33. The first-order chi connectivity index (χ1) is 13.2. The minimum Gasteiger partial charge on any atom is -0.361 e. The van der Waals surface area contributed by atoms with Gasteiger partial charge in [0.15, 0.2) is 0 Å². The van der Waals surface area contributed by atoms with Gasteiger partial charge in [-0.25, -0.2) is 0 Å². The molecule has 1 atom stereocenters. The normalized spacial score (nSPS) is 12.0. The summed E-state index contributed by atoms with van der Waals surface area (Å²) in [5.41, 5.74) is 5.55. The number of fused-ring (bicyclic) bond motifs is 1.